The highest BCUT2D eigenvalue weighted by Gasteiger charge is 2.19. The SMILES string of the molecule is COC(=O)c1sc(-n2cnc3cc(OC)c(OC)cc32)cc1O. The second-order valence-electron chi connectivity index (χ2n) is 4.60. The first-order valence-electron chi connectivity index (χ1n) is 6.59. The summed E-state index contributed by atoms with van der Waals surface area (Å²) >= 11 is 1.11. The Morgan fingerprint density at radius 1 is 1.17 bits per heavy atom. The van der Waals surface area contributed by atoms with Crippen molar-refractivity contribution in [2.75, 3.05) is 21.3 Å². The maximum absolute atomic E-state index is 11.6. The standard InChI is InChI=1S/C15H14N2O5S/c1-20-11-4-8-9(5-12(11)21-2)17(7-16-8)13-6-10(18)14(23-13)15(19)22-3/h4-7,18H,1-3H3. The van der Waals surface area contributed by atoms with E-state index in [9.17, 15) is 9.90 Å². The summed E-state index contributed by atoms with van der Waals surface area (Å²) in [5.74, 6) is 0.437. The quantitative estimate of drug-likeness (QED) is 0.739. The van der Waals surface area contributed by atoms with Crippen LogP contribution >= 0.6 is 11.3 Å². The molecule has 2 heterocycles. The predicted octanol–water partition coefficient (Wildman–Crippen LogP) is 2.60. The lowest BCUT2D eigenvalue weighted by Gasteiger charge is -2.08. The van der Waals surface area contributed by atoms with Gasteiger partial charge in [0, 0.05) is 18.2 Å². The topological polar surface area (TPSA) is 82.8 Å². The lowest BCUT2D eigenvalue weighted by molar-refractivity contribution is 0.0603. The molecule has 0 amide bonds. The van der Waals surface area contributed by atoms with E-state index >= 15 is 0 Å². The number of rotatable bonds is 4. The molecule has 0 radical (unpaired) electrons. The Balaban J connectivity index is 2.15. The number of hydrogen-bond acceptors (Lipinski definition) is 7. The van der Waals surface area contributed by atoms with Crippen molar-refractivity contribution >= 4 is 28.3 Å². The molecule has 0 aliphatic rings. The third kappa shape index (κ3) is 2.46. The highest BCUT2D eigenvalue weighted by atomic mass is 32.1. The largest absolute Gasteiger partial charge is 0.506 e. The van der Waals surface area contributed by atoms with Gasteiger partial charge in [-0.25, -0.2) is 9.78 Å². The summed E-state index contributed by atoms with van der Waals surface area (Å²) in [5.41, 5.74) is 1.47. The van der Waals surface area contributed by atoms with E-state index in [1.54, 1.807) is 37.2 Å². The number of aromatic nitrogens is 2. The number of benzene rings is 1. The van der Waals surface area contributed by atoms with Gasteiger partial charge < -0.3 is 19.3 Å². The summed E-state index contributed by atoms with van der Waals surface area (Å²) in [7, 11) is 4.38. The van der Waals surface area contributed by atoms with Crippen molar-refractivity contribution in [3.8, 4) is 22.2 Å². The average molecular weight is 334 g/mol. The van der Waals surface area contributed by atoms with Gasteiger partial charge in [0.2, 0.25) is 0 Å². The minimum absolute atomic E-state index is 0.126. The fourth-order valence-electron chi connectivity index (χ4n) is 2.24. The highest BCUT2D eigenvalue weighted by Crippen LogP contribution is 2.36. The Morgan fingerprint density at radius 3 is 2.52 bits per heavy atom. The number of hydrogen-bond donors (Lipinski definition) is 1. The molecule has 8 heteroatoms. The zero-order valence-corrected chi connectivity index (χ0v) is 13.5. The molecule has 0 aliphatic heterocycles. The molecular weight excluding hydrogens is 320 g/mol. The Morgan fingerprint density at radius 2 is 1.87 bits per heavy atom. The van der Waals surface area contributed by atoms with Gasteiger partial charge in [0.15, 0.2) is 16.4 Å². The van der Waals surface area contributed by atoms with E-state index in [-0.39, 0.29) is 10.6 Å². The van der Waals surface area contributed by atoms with Gasteiger partial charge in [-0.3, -0.25) is 4.57 Å². The third-order valence-electron chi connectivity index (χ3n) is 3.36. The number of aromatic hydroxyl groups is 1. The zero-order valence-electron chi connectivity index (χ0n) is 12.7. The van der Waals surface area contributed by atoms with Crippen molar-refractivity contribution in [1.82, 2.24) is 9.55 Å². The van der Waals surface area contributed by atoms with Crippen LogP contribution in [0.5, 0.6) is 17.2 Å². The third-order valence-corrected chi connectivity index (χ3v) is 4.46. The number of ether oxygens (including phenoxy) is 3. The molecule has 7 nitrogen and oxygen atoms in total. The Bertz CT molecular complexity index is 884. The van der Waals surface area contributed by atoms with Crippen molar-refractivity contribution in [1.29, 1.82) is 0 Å². The van der Waals surface area contributed by atoms with Crippen molar-refractivity contribution in [3.05, 3.63) is 29.4 Å². The first-order chi connectivity index (χ1) is 11.1. The number of esters is 1. The van der Waals surface area contributed by atoms with Crippen LogP contribution in [-0.2, 0) is 4.74 Å². The van der Waals surface area contributed by atoms with E-state index < -0.39 is 5.97 Å². The molecule has 2 aromatic heterocycles. The molecule has 0 saturated heterocycles. The lowest BCUT2D eigenvalue weighted by atomic mass is 10.2. The molecule has 1 N–H and O–H groups in total. The summed E-state index contributed by atoms with van der Waals surface area (Å²) in [6.07, 6.45) is 1.61. The summed E-state index contributed by atoms with van der Waals surface area (Å²) in [6, 6.07) is 5.05. The van der Waals surface area contributed by atoms with Gasteiger partial charge in [-0.1, -0.05) is 0 Å². The van der Waals surface area contributed by atoms with E-state index in [0.29, 0.717) is 22.0 Å². The van der Waals surface area contributed by atoms with Crippen LogP contribution in [0.15, 0.2) is 24.5 Å². The van der Waals surface area contributed by atoms with Gasteiger partial charge in [-0.2, -0.15) is 0 Å². The Hall–Kier alpha value is -2.74. The summed E-state index contributed by atoms with van der Waals surface area (Å²) in [5, 5.41) is 10.6. The number of nitrogens with zero attached hydrogens (tertiary/aromatic N) is 2. The Labute approximate surface area is 135 Å². The minimum atomic E-state index is -0.581. The summed E-state index contributed by atoms with van der Waals surface area (Å²) in [6.45, 7) is 0. The summed E-state index contributed by atoms with van der Waals surface area (Å²) < 4.78 is 17.0. The van der Waals surface area contributed by atoms with Gasteiger partial charge in [0.25, 0.3) is 0 Å². The second-order valence-corrected chi connectivity index (χ2v) is 5.63. The average Bonchev–Trinajstić information content (AvgIpc) is 3.15. The summed E-state index contributed by atoms with van der Waals surface area (Å²) in [4.78, 5) is 16.1. The first-order valence-corrected chi connectivity index (χ1v) is 7.41. The van der Waals surface area contributed by atoms with Crippen molar-refractivity contribution in [2.45, 2.75) is 0 Å². The number of methoxy groups -OCH3 is 3. The second kappa shape index (κ2) is 5.81. The van der Waals surface area contributed by atoms with Crippen LogP contribution < -0.4 is 9.47 Å². The molecule has 3 rings (SSSR count). The van der Waals surface area contributed by atoms with Gasteiger partial charge in [-0.05, 0) is 0 Å². The first kappa shape index (κ1) is 15.2. The molecule has 3 aromatic rings. The van der Waals surface area contributed by atoms with Crippen molar-refractivity contribution < 1.29 is 24.1 Å². The van der Waals surface area contributed by atoms with Crippen LogP contribution in [0.2, 0.25) is 0 Å². The van der Waals surface area contributed by atoms with Crippen LogP contribution in [-0.4, -0.2) is 42.0 Å². The van der Waals surface area contributed by atoms with Crippen molar-refractivity contribution in [2.24, 2.45) is 0 Å². The van der Waals surface area contributed by atoms with E-state index in [1.165, 1.54) is 13.2 Å². The monoisotopic (exact) mass is 334 g/mol. The fourth-order valence-corrected chi connectivity index (χ4v) is 3.19. The van der Waals surface area contributed by atoms with Crippen molar-refractivity contribution in [3.63, 3.8) is 0 Å². The smallest absolute Gasteiger partial charge is 0.351 e. The molecular formula is C15H14N2O5S. The normalized spacial score (nSPS) is 10.7. The maximum Gasteiger partial charge on any atom is 0.351 e. The molecule has 0 saturated carbocycles. The van der Waals surface area contributed by atoms with Gasteiger partial charge in [-0.15, -0.1) is 11.3 Å². The molecule has 0 atom stereocenters. The van der Waals surface area contributed by atoms with E-state index in [2.05, 4.69) is 9.72 Å². The van der Waals surface area contributed by atoms with E-state index in [1.807, 2.05) is 0 Å². The minimum Gasteiger partial charge on any atom is -0.506 e. The molecule has 0 aliphatic carbocycles. The van der Waals surface area contributed by atoms with Crippen LogP contribution in [0, 0.1) is 0 Å². The van der Waals surface area contributed by atoms with Crippen LogP contribution in [0.3, 0.4) is 0 Å². The van der Waals surface area contributed by atoms with Gasteiger partial charge >= 0.3 is 5.97 Å². The number of imidazole rings is 1. The maximum atomic E-state index is 11.6. The van der Waals surface area contributed by atoms with E-state index in [0.717, 1.165) is 16.9 Å². The van der Waals surface area contributed by atoms with Gasteiger partial charge in [0.1, 0.15) is 17.1 Å². The van der Waals surface area contributed by atoms with Crippen LogP contribution in [0.1, 0.15) is 9.67 Å². The number of carbonyl (C=O) groups excluding carboxylic acids is 1. The van der Waals surface area contributed by atoms with Gasteiger partial charge in [0.05, 0.1) is 32.4 Å². The highest BCUT2D eigenvalue weighted by molar-refractivity contribution is 7.16. The van der Waals surface area contributed by atoms with E-state index in [4.69, 9.17) is 9.47 Å². The zero-order chi connectivity index (χ0) is 16.6. The molecule has 0 bridgehead atoms. The molecule has 0 spiro atoms. The molecule has 120 valence electrons. The lowest BCUT2D eigenvalue weighted by Crippen LogP contribution is -1.97. The Kier molecular flexibility index (Phi) is 3.83. The molecule has 0 unspecified atom stereocenters. The van der Waals surface area contributed by atoms with Crippen LogP contribution in [0.25, 0.3) is 16.0 Å². The number of carbonyl (C=O) groups is 1. The molecule has 23 heavy (non-hydrogen) atoms. The predicted molar refractivity (Wildman–Crippen MR) is 85.1 cm³/mol. The number of thiophene rings is 1. The number of fused-ring (bicyclic) bond motifs is 1. The molecule has 1 aromatic carbocycles. The molecule has 0 fully saturated rings. The fraction of sp³-hybridized carbons (Fsp3) is 0.200. The van der Waals surface area contributed by atoms with Crippen LogP contribution in [0.4, 0.5) is 0 Å².